The SMILES string of the molecule is O=S(=O)(c1c(Cl)cc(C#CCCO)cc1Cl)N1CCCC1. The van der Waals surface area contributed by atoms with Gasteiger partial charge in [-0.3, -0.25) is 0 Å². The van der Waals surface area contributed by atoms with Crippen LogP contribution in [-0.4, -0.2) is 37.5 Å². The van der Waals surface area contributed by atoms with E-state index in [1.165, 1.54) is 16.4 Å². The first-order valence-electron chi connectivity index (χ1n) is 6.55. The molecule has 4 nitrogen and oxygen atoms in total. The number of aliphatic hydroxyl groups excluding tert-OH is 1. The lowest BCUT2D eigenvalue weighted by Crippen LogP contribution is -2.28. The highest BCUT2D eigenvalue weighted by Crippen LogP contribution is 2.34. The van der Waals surface area contributed by atoms with E-state index in [4.69, 9.17) is 28.3 Å². The maximum Gasteiger partial charge on any atom is 0.246 e. The molecule has 1 fully saturated rings. The van der Waals surface area contributed by atoms with E-state index in [9.17, 15) is 8.42 Å². The van der Waals surface area contributed by atoms with Crippen molar-refractivity contribution in [3.63, 3.8) is 0 Å². The van der Waals surface area contributed by atoms with Crippen LogP contribution in [0.4, 0.5) is 0 Å². The average molecular weight is 348 g/mol. The summed E-state index contributed by atoms with van der Waals surface area (Å²) in [5.74, 6) is 5.53. The molecule has 0 saturated carbocycles. The molecule has 2 rings (SSSR count). The molecule has 1 heterocycles. The summed E-state index contributed by atoms with van der Waals surface area (Å²) in [5, 5.41) is 8.83. The summed E-state index contributed by atoms with van der Waals surface area (Å²) >= 11 is 12.2. The number of halogens is 2. The number of hydrogen-bond donors (Lipinski definition) is 1. The predicted molar refractivity (Wildman–Crippen MR) is 83.0 cm³/mol. The summed E-state index contributed by atoms with van der Waals surface area (Å²) in [7, 11) is -3.66. The number of benzene rings is 1. The van der Waals surface area contributed by atoms with Crippen LogP contribution < -0.4 is 0 Å². The summed E-state index contributed by atoms with van der Waals surface area (Å²) < 4.78 is 26.5. The van der Waals surface area contributed by atoms with Gasteiger partial charge < -0.3 is 5.11 Å². The largest absolute Gasteiger partial charge is 0.395 e. The highest BCUT2D eigenvalue weighted by molar-refractivity contribution is 7.89. The van der Waals surface area contributed by atoms with Gasteiger partial charge in [-0.1, -0.05) is 35.0 Å². The maximum atomic E-state index is 12.5. The Labute approximate surface area is 134 Å². The Morgan fingerprint density at radius 2 is 1.76 bits per heavy atom. The summed E-state index contributed by atoms with van der Waals surface area (Å²) in [6.07, 6.45) is 2.03. The second-order valence-electron chi connectivity index (χ2n) is 4.66. The van der Waals surface area contributed by atoms with Gasteiger partial charge in [-0.05, 0) is 25.0 Å². The third-order valence-electron chi connectivity index (χ3n) is 3.13. The lowest BCUT2D eigenvalue weighted by atomic mass is 10.2. The number of rotatable bonds is 3. The molecule has 0 bridgehead atoms. The van der Waals surface area contributed by atoms with Gasteiger partial charge in [-0.25, -0.2) is 8.42 Å². The highest BCUT2D eigenvalue weighted by atomic mass is 35.5. The molecule has 1 aliphatic rings. The van der Waals surface area contributed by atoms with Crippen molar-refractivity contribution in [1.29, 1.82) is 0 Å². The van der Waals surface area contributed by atoms with Crippen LogP contribution in [0.3, 0.4) is 0 Å². The monoisotopic (exact) mass is 347 g/mol. The standard InChI is InChI=1S/C14H15Cl2NO3S/c15-12-9-11(5-1-4-8-18)10-13(16)14(12)21(19,20)17-6-2-3-7-17/h9-10,18H,2-4,6-8H2. The van der Waals surface area contributed by atoms with Crippen LogP contribution >= 0.6 is 23.2 Å². The smallest absolute Gasteiger partial charge is 0.246 e. The van der Waals surface area contributed by atoms with Crippen molar-refractivity contribution in [3.8, 4) is 11.8 Å². The Hall–Kier alpha value is -0.770. The fourth-order valence-corrected chi connectivity index (χ4v) is 4.84. The maximum absolute atomic E-state index is 12.5. The van der Waals surface area contributed by atoms with Gasteiger partial charge in [-0.2, -0.15) is 4.31 Å². The zero-order chi connectivity index (χ0) is 15.5. The Morgan fingerprint density at radius 1 is 1.19 bits per heavy atom. The van der Waals surface area contributed by atoms with Gasteiger partial charge in [0.2, 0.25) is 10.0 Å². The number of hydrogen-bond acceptors (Lipinski definition) is 3. The van der Waals surface area contributed by atoms with E-state index < -0.39 is 10.0 Å². The van der Waals surface area contributed by atoms with E-state index >= 15 is 0 Å². The van der Waals surface area contributed by atoms with E-state index in [1.807, 2.05) is 0 Å². The molecule has 0 atom stereocenters. The van der Waals surface area contributed by atoms with Crippen molar-refractivity contribution in [2.75, 3.05) is 19.7 Å². The van der Waals surface area contributed by atoms with E-state index in [0.717, 1.165) is 12.8 Å². The molecule has 21 heavy (non-hydrogen) atoms. The van der Waals surface area contributed by atoms with E-state index in [1.54, 1.807) is 0 Å². The van der Waals surface area contributed by atoms with Gasteiger partial charge >= 0.3 is 0 Å². The second-order valence-corrected chi connectivity index (χ2v) is 7.34. The molecule has 1 saturated heterocycles. The van der Waals surface area contributed by atoms with Crippen molar-refractivity contribution in [2.45, 2.75) is 24.2 Å². The topological polar surface area (TPSA) is 57.6 Å². The van der Waals surface area contributed by atoms with Gasteiger partial charge in [-0.15, -0.1) is 0 Å². The van der Waals surface area contributed by atoms with Crippen molar-refractivity contribution in [3.05, 3.63) is 27.7 Å². The number of sulfonamides is 1. The van der Waals surface area contributed by atoms with Crippen molar-refractivity contribution in [1.82, 2.24) is 4.31 Å². The van der Waals surface area contributed by atoms with Gasteiger partial charge in [0, 0.05) is 25.1 Å². The third kappa shape index (κ3) is 3.71. The van der Waals surface area contributed by atoms with Gasteiger partial charge in [0.15, 0.2) is 0 Å². The van der Waals surface area contributed by atoms with E-state index in [0.29, 0.717) is 25.1 Å². The first-order chi connectivity index (χ1) is 9.96. The highest BCUT2D eigenvalue weighted by Gasteiger charge is 2.31. The van der Waals surface area contributed by atoms with Crippen LogP contribution in [0, 0.1) is 11.8 Å². The van der Waals surface area contributed by atoms with Crippen LogP contribution in [-0.2, 0) is 10.0 Å². The molecule has 0 spiro atoms. The van der Waals surface area contributed by atoms with Crippen molar-refractivity contribution >= 4 is 33.2 Å². The Kier molecular flexibility index (Phi) is 5.53. The molecule has 1 aromatic rings. The second kappa shape index (κ2) is 6.99. The van der Waals surface area contributed by atoms with Gasteiger partial charge in [0.1, 0.15) is 4.90 Å². The molecule has 0 aromatic heterocycles. The first kappa shape index (κ1) is 16.6. The Bertz CT molecular complexity index is 663. The predicted octanol–water partition coefficient (Wildman–Crippen LogP) is 2.51. The molecule has 114 valence electrons. The summed E-state index contributed by atoms with van der Waals surface area (Å²) in [6, 6.07) is 2.97. The van der Waals surface area contributed by atoms with Crippen LogP contribution in [0.15, 0.2) is 17.0 Å². The fourth-order valence-electron chi connectivity index (χ4n) is 2.16. The number of nitrogens with zero attached hydrogens (tertiary/aromatic N) is 1. The summed E-state index contributed by atoms with van der Waals surface area (Å²) in [6.45, 7) is 0.954. The molecular weight excluding hydrogens is 333 g/mol. The lowest BCUT2D eigenvalue weighted by molar-refractivity contribution is 0.305. The molecule has 0 unspecified atom stereocenters. The molecule has 1 N–H and O–H groups in total. The molecule has 7 heteroatoms. The van der Waals surface area contributed by atoms with E-state index in [2.05, 4.69) is 11.8 Å². The van der Waals surface area contributed by atoms with Crippen molar-refractivity contribution in [2.24, 2.45) is 0 Å². The molecule has 1 aromatic carbocycles. The normalized spacial score (nSPS) is 15.8. The molecule has 1 aliphatic heterocycles. The Balaban J connectivity index is 2.40. The van der Waals surface area contributed by atoms with Crippen LogP contribution in [0.1, 0.15) is 24.8 Å². The molecule has 0 amide bonds. The third-order valence-corrected chi connectivity index (χ3v) is 5.95. The van der Waals surface area contributed by atoms with Crippen LogP contribution in [0.25, 0.3) is 0 Å². The van der Waals surface area contributed by atoms with Gasteiger partial charge in [0.25, 0.3) is 0 Å². The average Bonchev–Trinajstić information content (AvgIpc) is 2.92. The minimum atomic E-state index is -3.66. The summed E-state index contributed by atoms with van der Waals surface area (Å²) in [5.41, 5.74) is 0.527. The number of aliphatic hydroxyl groups is 1. The van der Waals surface area contributed by atoms with Crippen LogP contribution in [0.2, 0.25) is 10.0 Å². The van der Waals surface area contributed by atoms with Crippen molar-refractivity contribution < 1.29 is 13.5 Å². The minimum absolute atomic E-state index is 0.0319. The van der Waals surface area contributed by atoms with Crippen LogP contribution in [0.5, 0.6) is 0 Å². The Morgan fingerprint density at radius 3 is 2.29 bits per heavy atom. The molecule has 0 aliphatic carbocycles. The van der Waals surface area contributed by atoms with Gasteiger partial charge in [0.05, 0.1) is 16.7 Å². The first-order valence-corrected chi connectivity index (χ1v) is 8.75. The molecule has 0 radical (unpaired) electrons. The zero-order valence-electron chi connectivity index (χ0n) is 11.3. The zero-order valence-corrected chi connectivity index (χ0v) is 13.6. The summed E-state index contributed by atoms with van der Waals surface area (Å²) in [4.78, 5) is -0.0551. The fraction of sp³-hybridized carbons (Fsp3) is 0.429. The minimum Gasteiger partial charge on any atom is -0.395 e. The van der Waals surface area contributed by atoms with E-state index in [-0.39, 0.29) is 21.5 Å². The molecular formula is C14H15Cl2NO3S. The lowest BCUT2D eigenvalue weighted by Gasteiger charge is -2.17. The quantitative estimate of drug-likeness (QED) is 0.854.